The molecule has 0 unspecified atom stereocenters. The van der Waals surface area contributed by atoms with E-state index in [4.69, 9.17) is 11.6 Å². The Morgan fingerprint density at radius 3 is 2.76 bits per heavy atom. The van der Waals surface area contributed by atoms with Gasteiger partial charge in [0.2, 0.25) is 5.91 Å². The Bertz CT molecular complexity index is 396. The van der Waals surface area contributed by atoms with Gasteiger partial charge in [-0.2, -0.15) is 0 Å². The number of rotatable bonds is 5. The fourth-order valence-corrected chi connectivity index (χ4v) is 1.77. The van der Waals surface area contributed by atoms with Gasteiger partial charge in [-0.05, 0) is 34.1 Å². The summed E-state index contributed by atoms with van der Waals surface area (Å²) < 4.78 is 0.775. The van der Waals surface area contributed by atoms with Crippen LogP contribution in [0.15, 0.2) is 22.7 Å². The second-order valence-corrected chi connectivity index (χ2v) is 5.30. The number of hydrogen-bond acceptors (Lipinski definition) is 2. The minimum atomic E-state index is -0.00706. The van der Waals surface area contributed by atoms with E-state index in [0.29, 0.717) is 24.0 Å². The first-order valence-electron chi connectivity index (χ1n) is 5.47. The molecule has 0 fully saturated rings. The average molecular weight is 320 g/mol. The van der Waals surface area contributed by atoms with E-state index < -0.39 is 0 Å². The average Bonchev–Trinajstić information content (AvgIpc) is 2.23. The standard InChI is InChI=1S/C12H16BrClN2O/c1-8(2)15-6-5-12(17)16-9-3-4-11(14)10(13)7-9/h3-4,7-8,15H,5-6H2,1-2H3,(H,16,17). The summed E-state index contributed by atoms with van der Waals surface area (Å²) in [4.78, 5) is 11.6. The van der Waals surface area contributed by atoms with E-state index in [1.165, 1.54) is 0 Å². The summed E-state index contributed by atoms with van der Waals surface area (Å²) >= 11 is 9.18. The Hall–Kier alpha value is -0.580. The van der Waals surface area contributed by atoms with Crippen molar-refractivity contribution in [3.63, 3.8) is 0 Å². The number of halogens is 2. The fraction of sp³-hybridized carbons (Fsp3) is 0.417. The van der Waals surface area contributed by atoms with Gasteiger partial charge in [-0.15, -0.1) is 0 Å². The van der Waals surface area contributed by atoms with Crippen molar-refractivity contribution in [2.75, 3.05) is 11.9 Å². The summed E-state index contributed by atoms with van der Waals surface area (Å²) in [6.07, 6.45) is 0.457. The van der Waals surface area contributed by atoms with Crippen LogP contribution in [0.1, 0.15) is 20.3 Å². The maximum absolute atomic E-state index is 11.6. The topological polar surface area (TPSA) is 41.1 Å². The lowest BCUT2D eigenvalue weighted by atomic mass is 10.3. The Balaban J connectivity index is 2.42. The third-order valence-electron chi connectivity index (χ3n) is 2.11. The van der Waals surface area contributed by atoms with Gasteiger partial charge in [0.15, 0.2) is 0 Å². The van der Waals surface area contributed by atoms with Crippen LogP contribution in [-0.4, -0.2) is 18.5 Å². The quantitative estimate of drug-likeness (QED) is 0.873. The second-order valence-electron chi connectivity index (χ2n) is 4.04. The molecule has 0 aliphatic carbocycles. The lowest BCUT2D eigenvalue weighted by molar-refractivity contribution is -0.116. The van der Waals surface area contributed by atoms with Gasteiger partial charge in [0, 0.05) is 29.2 Å². The molecule has 1 rings (SSSR count). The summed E-state index contributed by atoms with van der Waals surface area (Å²) in [5, 5.41) is 6.64. The SMILES string of the molecule is CC(C)NCCC(=O)Nc1ccc(Cl)c(Br)c1. The zero-order valence-electron chi connectivity index (χ0n) is 9.89. The van der Waals surface area contributed by atoms with Crippen molar-refractivity contribution in [1.29, 1.82) is 0 Å². The van der Waals surface area contributed by atoms with Gasteiger partial charge in [-0.3, -0.25) is 4.79 Å². The molecule has 0 radical (unpaired) electrons. The maximum atomic E-state index is 11.6. The van der Waals surface area contributed by atoms with Crippen molar-refractivity contribution >= 4 is 39.1 Å². The van der Waals surface area contributed by atoms with Crippen molar-refractivity contribution in [2.24, 2.45) is 0 Å². The van der Waals surface area contributed by atoms with E-state index in [2.05, 4.69) is 26.6 Å². The third kappa shape index (κ3) is 5.52. The van der Waals surface area contributed by atoms with E-state index >= 15 is 0 Å². The van der Waals surface area contributed by atoms with Crippen LogP contribution in [0.2, 0.25) is 5.02 Å². The first kappa shape index (κ1) is 14.5. The number of hydrogen-bond donors (Lipinski definition) is 2. The monoisotopic (exact) mass is 318 g/mol. The highest BCUT2D eigenvalue weighted by Gasteiger charge is 2.04. The van der Waals surface area contributed by atoms with E-state index in [-0.39, 0.29) is 5.91 Å². The molecule has 0 atom stereocenters. The lowest BCUT2D eigenvalue weighted by Crippen LogP contribution is -2.27. The molecule has 1 aromatic carbocycles. The second kappa shape index (κ2) is 6.99. The van der Waals surface area contributed by atoms with Crippen molar-refractivity contribution in [1.82, 2.24) is 5.32 Å². The molecule has 0 spiro atoms. The summed E-state index contributed by atoms with van der Waals surface area (Å²) in [5.41, 5.74) is 0.746. The van der Waals surface area contributed by atoms with Crippen LogP contribution in [0.5, 0.6) is 0 Å². The molecule has 0 saturated carbocycles. The number of carbonyl (C=O) groups excluding carboxylic acids is 1. The summed E-state index contributed by atoms with van der Waals surface area (Å²) in [6.45, 7) is 4.78. The van der Waals surface area contributed by atoms with Gasteiger partial charge in [-0.25, -0.2) is 0 Å². The maximum Gasteiger partial charge on any atom is 0.225 e. The zero-order chi connectivity index (χ0) is 12.8. The molecule has 5 heteroatoms. The van der Waals surface area contributed by atoms with Gasteiger partial charge in [0.05, 0.1) is 5.02 Å². The fourth-order valence-electron chi connectivity index (χ4n) is 1.27. The van der Waals surface area contributed by atoms with Crippen molar-refractivity contribution in [2.45, 2.75) is 26.3 Å². The minimum Gasteiger partial charge on any atom is -0.326 e. The Kier molecular flexibility index (Phi) is 5.95. The van der Waals surface area contributed by atoms with Crippen LogP contribution >= 0.6 is 27.5 Å². The first-order valence-corrected chi connectivity index (χ1v) is 6.64. The largest absolute Gasteiger partial charge is 0.326 e. The van der Waals surface area contributed by atoms with Crippen molar-refractivity contribution in [3.8, 4) is 0 Å². The molecule has 3 nitrogen and oxygen atoms in total. The molecule has 0 aliphatic rings. The van der Waals surface area contributed by atoms with Gasteiger partial charge < -0.3 is 10.6 Å². The van der Waals surface area contributed by atoms with E-state index in [1.807, 2.05) is 13.8 Å². The molecule has 17 heavy (non-hydrogen) atoms. The van der Waals surface area contributed by atoms with Gasteiger partial charge in [0.25, 0.3) is 0 Å². The van der Waals surface area contributed by atoms with Crippen LogP contribution in [0.4, 0.5) is 5.69 Å². The normalized spacial score (nSPS) is 10.6. The Labute approximate surface area is 115 Å². The molecule has 0 heterocycles. The van der Waals surface area contributed by atoms with E-state index in [9.17, 15) is 4.79 Å². The molecule has 1 aromatic rings. The van der Waals surface area contributed by atoms with Crippen LogP contribution in [-0.2, 0) is 4.79 Å². The Morgan fingerprint density at radius 1 is 1.47 bits per heavy atom. The highest BCUT2D eigenvalue weighted by molar-refractivity contribution is 9.10. The van der Waals surface area contributed by atoms with Gasteiger partial charge in [-0.1, -0.05) is 25.4 Å². The van der Waals surface area contributed by atoms with Crippen molar-refractivity contribution in [3.05, 3.63) is 27.7 Å². The lowest BCUT2D eigenvalue weighted by Gasteiger charge is -2.09. The van der Waals surface area contributed by atoms with Gasteiger partial charge in [0.1, 0.15) is 0 Å². The molecular formula is C12H16BrClN2O. The molecule has 0 saturated heterocycles. The number of benzene rings is 1. The number of anilines is 1. The predicted molar refractivity (Wildman–Crippen MR) is 75.5 cm³/mol. The zero-order valence-corrected chi connectivity index (χ0v) is 12.2. The van der Waals surface area contributed by atoms with E-state index in [0.717, 1.165) is 10.2 Å². The molecule has 2 N–H and O–H groups in total. The number of amides is 1. The van der Waals surface area contributed by atoms with Crippen LogP contribution < -0.4 is 10.6 Å². The van der Waals surface area contributed by atoms with Gasteiger partial charge >= 0.3 is 0 Å². The summed E-state index contributed by atoms with van der Waals surface area (Å²) in [5.74, 6) is -0.00706. The molecular weight excluding hydrogens is 304 g/mol. The summed E-state index contributed by atoms with van der Waals surface area (Å²) in [6, 6.07) is 5.71. The third-order valence-corrected chi connectivity index (χ3v) is 3.32. The van der Waals surface area contributed by atoms with Crippen LogP contribution in [0.25, 0.3) is 0 Å². The highest BCUT2D eigenvalue weighted by Crippen LogP contribution is 2.25. The molecule has 0 bridgehead atoms. The number of carbonyl (C=O) groups is 1. The molecule has 0 aromatic heterocycles. The highest BCUT2D eigenvalue weighted by atomic mass is 79.9. The first-order chi connectivity index (χ1) is 7.99. The molecule has 94 valence electrons. The predicted octanol–water partition coefficient (Wildman–Crippen LogP) is 3.43. The van der Waals surface area contributed by atoms with Crippen LogP contribution in [0, 0.1) is 0 Å². The van der Waals surface area contributed by atoms with E-state index in [1.54, 1.807) is 18.2 Å². The minimum absolute atomic E-state index is 0.00706. The Morgan fingerprint density at radius 2 is 2.18 bits per heavy atom. The number of nitrogens with one attached hydrogen (secondary N) is 2. The summed E-state index contributed by atoms with van der Waals surface area (Å²) in [7, 11) is 0. The molecule has 0 aliphatic heterocycles. The van der Waals surface area contributed by atoms with Crippen LogP contribution in [0.3, 0.4) is 0 Å². The van der Waals surface area contributed by atoms with Crippen molar-refractivity contribution < 1.29 is 4.79 Å². The smallest absolute Gasteiger partial charge is 0.225 e. The molecule has 1 amide bonds.